The van der Waals surface area contributed by atoms with Crippen LogP contribution in [-0.4, -0.2) is 119 Å². The van der Waals surface area contributed by atoms with Crippen molar-refractivity contribution in [1.29, 1.82) is 0 Å². The molecule has 8 N–H and O–H groups in total. The monoisotopic (exact) mass is 591 g/mol. The number of unbranched alkanes of at least 4 members (excludes halogenated alkanes) is 7. The minimum absolute atomic E-state index is 0.0234. The van der Waals surface area contributed by atoms with Crippen LogP contribution in [0.4, 0.5) is 5.82 Å². The van der Waals surface area contributed by atoms with Crippen molar-refractivity contribution in [1.82, 2.24) is 20.3 Å². The lowest BCUT2D eigenvalue weighted by atomic mass is 9.98. The molecule has 1 fully saturated rings. The molecule has 6 unspecified atom stereocenters. The third kappa shape index (κ3) is 11.2. The van der Waals surface area contributed by atoms with E-state index in [0.717, 1.165) is 23.9 Å². The van der Waals surface area contributed by atoms with Gasteiger partial charge in [-0.05, 0) is 6.42 Å². The van der Waals surface area contributed by atoms with Crippen LogP contribution in [0.1, 0.15) is 70.9 Å². The Morgan fingerprint density at radius 1 is 1.02 bits per heavy atom. The van der Waals surface area contributed by atoms with E-state index in [0.29, 0.717) is 6.42 Å². The third-order valence-corrected chi connectivity index (χ3v) is 7.79. The number of ether oxygens (including phenoxy) is 1. The Kier molecular flexibility index (Phi) is 15.9. The van der Waals surface area contributed by atoms with Crippen molar-refractivity contribution in [2.75, 3.05) is 30.0 Å². The molecule has 2 heterocycles. The van der Waals surface area contributed by atoms with Gasteiger partial charge in [-0.15, -0.1) is 5.10 Å². The van der Waals surface area contributed by atoms with Gasteiger partial charge in [0.2, 0.25) is 11.8 Å². The van der Waals surface area contributed by atoms with E-state index in [1.54, 1.807) is 0 Å². The van der Waals surface area contributed by atoms with E-state index in [1.807, 2.05) is 0 Å². The van der Waals surface area contributed by atoms with Crippen molar-refractivity contribution < 1.29 is 45.0 Å². The topological polar surface area (TPSA) is 220 Å². The van der Waals surface area contributed by atoms with Gasteiger partial charge in [0.25, 0.3) is 0 Å². The van der Waals surface area contributed by atoms with Crippen molar-refractivity contribution in [2.24, 2.45) is 0 Å². The molecule has 1 aromatic heterocycles. The summed E-state index contributed by atoms with van der Waals surface area (Å²) >= 11 is 1.19. The summed E-state index contributed by atoms with van der Waals surface area (Å²) in [6.45, 7) is 1.14. The van der Waals surface area contributed by atoms with E-state index in [1.165, 1.54) is 43.6 Å². The average molecular weight is 592 g/mol. The number of aromatic nitrogens is 3. The fourth-order valence-corrected chi connectivity index (χ4v) is 5.20. The first kappa shape index (κ1) is 34.4. The molecule has 0 spiro atoms. The Hall–Kier alpha value is -1.85. The summed E-state index contributed by atoms with van der Waals surface area (Å²) in [4.78, 5) is 25.6. The number of amides is 2. The lowest BCUT2D eigenvalue weighted by molar-refractivity contribution is -0.254. The highest BCUT2D eigenvalue weighted by Crippen LogP contribution is 2.28. The molecule has 2 rings (SSSR count). The number of aliphatic hydroxyl groups is 6. The molecule has 0 aliphatic carbocycles. The number of rotatable bonds is 19. The normalized spacial score (nSPS) is 24.4. The van der Waals surface area contributed by atoms with Crippen molar-refractivity contribution >= 4 is 29.4 Å². The molecule has 1 aliphatic heterocycles. The number of anilines is 1. The summed E-state index contributed by atoms with van der Waals surface area (Å²) in [5.74, 6) is -0.589. The molecule has 0 radical (unpaired) electrons. The van der Waals surface area contributed by atoms with Gasteiger partial charge in [0.1, 0.15) is 30.5 Å². The first-order valence-corrected chi connectivity index (χ1v) is 15.1. The van der Waals surface area contributed by atoms with Gasteiger partial charge in [-0.1, -0.05) is 57.1 Å². The molecule has 0 saturated carbocycles. The molecule has 40 heavy (non-hydrogen) atoms. The van der Waals surface area contributed by atoms with E-state index in [-0.39, 0.29) is 29.7 Å². The van der Waals surface area contributed by atoms with Crippen molar-refractivity contribution in [3.05, 3.63) is 6.20 Å². The van der Waals surface area contributed by atoms with Gasteiger partial charge >= 0.3 is 0 Å². The average Bonchev–Trinajstić information content (AvgIpc) is 3.40. The zero-order chi connectivity index (χ0) is 29.5. The molecule has 7 atom stereocenters. The summed E-state index contributed by atoms with van der Waals surface area (Å²) < 4.78 is 6.48. The number of aliphatic hydroxyl groups excluding tert-OH is 6. The number of thioether (sulfide) groups is 1. The highest BCUT2D eigenvalue weighted by molar-refractivity contribution is 7.99. The van der Waals surface area contributed by atoms with Crippen molar-refractivity contribution in [2.45, 2.75) is 108 Å². The number of hydrogen-bond donors (Lipinski definition) is 8. The van der Waals surface area contributed by atoms with Crippen LogP contribution in [0.2, 0.25) is 0 Å². The molecule has 1 aliphatic rings. The molecule has 0 aromatic carbocycles. The first-order chi connectivity index (χ1) is 19.2. The van der Waals surface area contributed by atoms with Crippen LogP contribution in [-0.2, 0) is 14.3 Å². The third-order valence-electron chi connectivity index (χ3n) is 6.60. The highest BCUT2D eigenvalue weighted by Gasteiger charge is 2.44. The first-order valence-electron chi connectivity index (χ1n) is 13.9. The summed E-state index contributed by atoms with van der Waals surface area (Å²) in [6.07, 6.45) is 2.10. The Labute approximate surface area is 238 Å². The number of nitrogens with one attached hydrogen (secondary N) is 2. The zero-order valence-corrected chi connectivity index (χ0v) is 23.8. The van der Waals surface area contributed by atoms with Crippen LogP contribution < -0.4 is 10.6 Å². The maximum atomic E-state index is 13.0. The van der Waals surface area contributed by atoms with Crippen LogP contribution >= 0.6 is 11.8 Å². The maximum Gasteiger partial charge on any atom is 0.249 e. The fourth-order valence-electron chi connectivity index (χ4n) is 4.22. The van der Waals surface area contributed by atoms with Crippen LogP contribution in [0, 0.1) is 0 Å². The minimum atomic E-state index is -1.61. The molecule has 14 nitrogen and oxygen atoms in total. The van der Waals surface area contributed by atoms with Gasteiger partial charge in [-0.25, -0.2) is 4.68 Å². The number of carbonyl (C=O) groups excluding carboxylic acids is 2. The van der Waals surface area contributed by atoms with Crippen LogP contribution in [0.3, 0.4) is 0 Å². The predicted molar refractivity (Wildman–Crippen MR) is 147 cm³/mol. The standard InChI is InChI=1S/C25H45N5O9S/c1-2-3-4-5-6-7-8-9-10-20(34)26-17(15-40-14-16(33)12-31)24(38)27-19-11-30(29-28-19)25-23(37)22(36)21(35)18(13-32)39-25/h11,16-18,21-23,25,31-33,35-37H,2-10,12-15H2,1H3,(H,26,34)(H,27,38)/t16?,17?,18?,21?,22?,23?,25-/m0/s1. The summed E-state index contributed by atoms with van der Waals surface area (Å²) in [5, 5.41) is 71.2. The Balaban J connectivity index is 1.93. The number of hydrogen-bond acceptors (Lipinski definition) is 12. The smallest absolute Gasteiger partial charge is 0.249 e. The zero-order valence-electron chi connectivity index (χ0n) is 23.0. The van der Waals surface area contributed by atoms with Gasteiger partial charge in [0.15, 0.2) is 12.0 Å². The largest absolute Gasteiger partial charge is 0.394 e. The molecule has 1 aromatic rings. The molecular weight excluding hydrogens is 546 g/mol. The highest BCUT2D eigenvalue weighted by atomic mass is 32.2. The second-order valence-corrected chi connectivity index (χ2v) is 11.1. The Bertz CT molecular complexity index is 877. The lowest BCUT2D eigenvalue weighted by Crippen LogP contribution is -2.56. The van der Waals surface area contributed by atoms with E-state index in [4.69, 9.17) is 9.84 Å². The molecule has 1 saturated heterocycles. The lowest BCUT2D eigenvalue weighted by Gasteiger charge is -2.39. The molecule has 0 bridgehead atoms. The fraction of sp³-hybridized carbons (Fsp3) is 0.840. The van der Waals surface area contributed by atoms with E-state index in [9.17, 15) is 35.1 Å². The summed E-state index contributed by atoms with van der Waals surface area (Å²) in [5.41, 5.74) is 0. The van der Waals surface area contributed by atoms with Gasteiger partial charge in [-0.2, -0.15) is 11.8 Å². The van der Waals surface area contributed by atoms with E-state index >= 15 is 0 Å². The van der Waals surface area contributed by atoms with E-state index in [2.05, 4.69) is 27.9 Å². The SMILES string of the molecule is CCCCCCCCCCC(=O)NC(CSCC(O)CO)C(=O)Nc1cn([C@H]2OC(CO)C(O)C(O)C2O)nn1. The van der Waals surface area contributed by atoms with Crippen LogP contribution in [0.5, 0.6) is 0 Å². The minimum Gasteiger partial charge on any atom is -0.394 e. The second kappa shape index (κ2) is 18.6. The van der Waals surface area contributed by atoms with Gasteiger partial charge in [0.05, 0.1) is 25.5 Å². The van der Waals surface area contributed by atoms with Crippen molar-refractivity contribution in [3.63, 3.8) is 0 Å². The molecular formula is C25H45N5O9S. The van der Waals surface area contributed by atoms with Gasteiger partial charge < -0.3 is 46.0 Å². The Morgan fingerprint density at radius 2 is 1.70 bits per heavy atom. The van der Waals surface area contributed by atoms with Gasteiger partial charge in [0, 0.05) is 17.9 Å². The molecule has 230 valence electrons. The molecule has 15 heteroatoms. The number of carbonyl (C=O) groups is 2. The van der Waals surface area contributed by atoms with Gasteiger partial charge in [-0.3, -0.25) is 9.59 Å². The van der Waals surface area contributed by atoms with Crippen molar-refractivity contribution in [3.8, 4) is 0 Å². The quantitative estimate of drug-likeness (QED) is 0.0936. The Morgan fingerprint density at radius 3 is 2.35 bits per heavy atom. The predicted octanol–water partition coefficient (Wildman–Crippen LogP) is -0.709. The molecule has 2 amide bonds. The number of nitrogens with zero attached hydrogens (tertiary/aromatic N) is 3. The van der Waals surface area contributed by atoms with E-state index < -0.39 is 61.9 Å². The van der Waals surface area contributed by atoms with Crippen LogP contribution in [0.15, 0.2) is 6.20 Å². The maximum absolute atomic E-state index is 13.0. The second-order valence-electron chi connectivity index (χ2n) is 10.0. The summed E-state index contributed by atoms with van der Waals surface area (Å²) in [6, 6.07) is -0.963. The van der Waals surface area contributed by atoms with Crippen LogP contribution in [0.25, 0.3) is 0 Å². The summed E-state index contributed by atoms with van der Waals surface area (Å²) in [7, 11) is 0.